The Labute approximate surface area is 279 Å². The second-order valence-electron chi connectivity index (χ2n) is 10.0. The van der Waals surface area contributed by atoms with Gasteiger partial charge in [0.2, 0.25) is 0 Å². The van der Waals surface area contributed by atoms with E-state index in [1.807, 2.05) is 0 Å². The van der Waals surface area contributed by atoms with Crippen molar-refractivity contribution >= 4 is 41.8 Å². The Morgan fingerprint density at radius 3 is 0.812 bits per heavy atom. The standard InChI is InChI=1S/C30H24S2.C3HF6NO4S2/c1-5-13-25(14-6-1)31(26-15-7-2-8-16-26)29-21-23-30(24-22-29)32(27-17-9-3-10-18-27)28-19-11-4-12-20-28;4-1(5)2(6,7)15(11,12)10-16(13,14)3(1,8)9/h1-24H;10H/q+2;. The summed E-state index contributed by atoms with van der Waals surface area (Å²) < 4.78 is 116. The van der Waals surface area contributed by atoms with Gasteiger partial charge < -0.3 is 0 Å². The molecule has 1 N–H and O–H groups in total. The van der Waals surface area contributed by atoms with Gasteiger partial charge in [-0.2, -0.15) is 26.3 Å². The highest BCUT2D eigenvalue weighted by Crippen LogP contribution is 2.53. The summed E-state index contributed by atoms with van der Waals surface area (Å²) in [5.41, 5.74) is 0. The lowest BCUT2D eigenvalue weighted by atomic mass is 10.3. The van der Waals surface area contributed by atoms with Crippen LogP contribution in [0.1, 0.15) is 0 Å². The number of benzene rings is 5. The molecule has 0 amide bonds. The van der Waals surface area contributed by atoms with Crippen LogP contribution in [0.25, 0.3) is 0 Å². The van der Waals surface area contributed by atoms with Gasteiger partial charge in [0.25, 0.3) is 20.0 Å². The zero-order valence-electron chi connectivity index (χ0n) is 24.4. The maximum absolute atomic E-state index is 12.5. The topological polar surface area (TPSA) is 80.3 Å². The summed E-state index contributed by atoms with van der Waals surface area (Å²) in [4.78, 5) is 8.06. The van der Waals surface area contributed by atoms with Crippen molar-refractivity contribution in [2.45, 2.75) is 45.8 Å². The number of halogens is 6. The predicted octanol–water partition coefficient (Wildman–Crippen LogP) is 7.95. The third-order valence-corrected chi connectivity index (χ3v) is 14.9. The lowest BCUT2D eigenvalue weighted by Gasteiger charge is -2.35. The van der Waals surface area contributed by atoms with Crippen LogP contribution in [0.15, 0.2) is 175 Å². The molecule has 0 radical (unpaired) electrons. The van der Waals surface area contributed by atoms with Gasteiger partial charge in [-0.3, -0.25) is 0 Å². The van der Waals surface area contributed by atoms with E-state index in [0.29, 0.717) is 0 Å². The molecule has 0 unspecified atom stereocenters. The minimum Gasteiger partial charge on any atom is -0.205 e. The molecule has 15 heteroatoms. The van der Waals surface area contributed by atoms with Crippen LogP contribution in [0.3, 0.4) is 0 Å². The fourth-order valence-electron chi connectivity index (χ4n) is 4.51. The molecule has 1 fully saturated rings. The Balaban J connectivity index is 0.000000238. The highest BCUT2D eigenvalue weighted by molar-refractivity contribution is 8.06. The molecular formula is C33H25F6NO4S4+2. The quantitative estimate of drug-likeness (QED) is 0.142. The van der Waals surface area contributed by atoms with Crippen molar-refractivity contribution in [2.75, 3.05) is 0 Å². The van der Waals surface area contributed by atoms with Crippen LogP contribution >= 0.6 is 0 Å². The molecule has 5 aromatic carbocycles. The first kappa shape index (κ1) is 35.5. The predicted molar refractivity (Wildman–Crippen MR) is 172 cm³/mol. The highest BCUT2D eigenvalue weighted by atomic mass is 32.3. The first-order valence-electron chi connectivity index (χ1n) is 13.8. The second-order valence-corrected chi connectivity index (χ2v) is 17.8. The van der Waals surface area contributed by atoms with E-state index in [-0.39, 0.29) is 25.9 Å². The third-order valence-electron chi connectivity index (χ3n) is 6.84. The molecule has 6 rings (SSSR count). The highest BCUT2D eigenvalue weighted by Gasteiger charge is 2.86. The van der Waals surface area contributed by atoms with Crippen LogP contribution in [0, 0.1) is 0 Å². The Hall–Kier alpha value is -3.76. The van der Waals surface area contributed by atoms with Gasteiger partial charge in [-0.25, -0.2) is 16.8 Å². The van der Waals surface area contributed by atoms with E-state index in [1.54, 1.807) is 0 Å². The van der Waals surface area contributed by atoms with Gasteiger partial charge in [0.15, 0.2) is 29.4 Å². The molecule has 1 aliphatic heterocycles. The van der Waals surface area contributed by atoms with Crippen molar-refractivity contribution in [3.05, 3.63) is 146 Å². The number of alkyl halides is 6. The summed E-state index contributed by atoms with van der Waals surface area (Å²) >= 11 is 0. The van der Waals surface area contributed by atoms with E-state index < -0.39 is 36.5 Å². The van der Waals surface area contributed by atoms with Crippen molar-refractivity contribution in [3.63, 3.8) is 0 Å². The average molecular weight is 742 g/mol. The zero-order valence-corrected chi connectivity index (χ0v) is 27.7. The van der Waals surface area contributed by atoms with Crippen LogP contribution < -0.4 is 4.13 Å². The summed E-state index contributed by atoms with van der Waals surface area (Å²) in [6, 6.07) is 52.6. The van der Waals surface area contributed by atoms with Gasteiger partial charge in [0.05, 0.1) is 21.8 Å². The zero-order chi connectivity index (χ0) is 34.8. The van der Waals surface area contributed by atoms with Crippen LogP contribution in [0.5, 0.6) is 0 Å². The first-order chi connectivity index (χ1) is 22.6. The summed E-state index contributed by atoms with van der Waals surface area (Å²) in [7, 11) is -13.1. The number of hydrogen-bond acceptors (Lipinski definition) is 4. The van der Waals surface area contributed by atoms with Crippen molar-refractivity contribution in [1.82, 2.24) is 4.13 Å². The van der Waals surface area contributed by atoms with E-state index in [9.17, 15) is 43.2 Å². The van der Waals surface area contributed by atoms with Crippen LogP contribution in [0.4, 0.5) is 26.3 Å². The van der Waals surface area contributed by atoms with E-state index in [1.165, 1.54) is 29.4 Å². The summed E-state index contributed by atoms with van der Waals surface area (Å²) in [6.45, 7) is 0. The maximum atomic E-state index is 12.5. The second kappa shape index (κ2) is 13.6. The SMILES string of the molecule is O=S1(=O)NS(=O)(=O)C(F)(F)C(F)(F)C1(F)F.c1ccc([S+](c2ccccc2)c2ccc([S+](c3ccccc3)c3ccccc3)cc2)cc1. The Bertz CT molecular complexity index is 1830. The molecule has 0 atom stereocenters. The average Bonchev–Trinajstić information content (AvgIpc) is 3.07. The summed E-state index contributed by atoms with van der Waals surface area (Å²) in [6.07, 6.45) is 0. The minimum atomic E-state index is -6.57. The molecule has 1 aliphatic rings. The smallest absolute Gasteiger partial charge is 0.205 e. The largest absolute Gasteiger partial charge is 0.429 e. The fourth-order valence-corrected chi connectivity index (χ4v) is 11.7. The van der Waals surface area contributed by atoms with E-state index in [0.717, 1.165) is 0 Å². The molecular weight excluding hydrogens is 717 g/mol. The van der Waals surface area contributed by atoms with Gasteiger partial charge in [0.1, 0.15) is 0 Å². The summed E-state index contributed by atoms with van der Waals surface area (Å²) in [5, 5.41) is -12.5. The number of sulfonamides is 2. The molecule has 5 aromatic rings. The minimum absolute atomic E-state index is 0.122. The summed E-state index contributed by atoms with van der Waals surface area (Å²) in [5.74, 6) is -6.57. The molecule has 0 aliphatic carbocycles. The van der Waals surface area contributed by atoms with Crippen molar-refractivity contribution < 1.29 is 43.2 Å². The molecule has 0 saturated carbocycles. The van der Waals surface area contributed by atoms with Crippen LogP contribution in [0.2, 0.25) is 0 Å². The third kappa shape index (κ3) is 6.61. The Morgan fingerprint density at radius 2 is 0.583 bits per heavy atom. The van der Waals surface area contributed by atoms with Crippen molar-refractivity contribution in [3.8, 4) is 0 Å². The molecule has 5 nitrogen and oxygen atoms in total. The number of hydrogen-bond donors (Lipinski definition) is 1. The molecule has 0 spiro atoms. The van der Waals surface area contributed by atoms with E-state index in [2.05, 4.69) is 146 Å². The van der Waals surface area contributed by atoms with E-state index >= 15 is 0 Å². The van der Waals surface area contributed by atoms with Crippen LogP contribution in [-0.4, -0.2) is 33.3 Å². The molecule has 1 saturated heterocycles. The van der Waals surface area contributed by atoms with Gasteiger partial charge >= 0.3 is 16.4 Å². The van der Waals surface area contributed by atoms with E-state index in [4.69, 9.17) is 0 Å². The maximum Gasteiger partial charge on any atom is 0.429 e. The Kier molecular flexibility index (Phi) is 10.1. The van der Waals surface area contributed by atoms with Crippen molar-refractivity contribution in [2.24, 2.45) is 0 Å². The number of rotatable bonds is 6. The monoisotopic (exact) mass is 741 g/mol. The lowest BCUT2D eigenvalue weighted by Crippen LogP contribution is -2.70. The lowest BCUT2D eigenvalue weighted by molar-refractivity contribution is -0.246. The van der Waals surface area contributed by atoms with Crippen molar-refractivity contribution in [1.29, 1.82) is 0 Å². The normalized spacial score (nSPS) is 18.4. The Morgan fingerprint density at radius 1 is 0.375 bits per heavy atom. The molecule has 0 aromatic heterocycles. The van der Waals surface area contributed by atoms with Crippen LogP contribution in [-0.2, 0) is 41.8 Å². The molecule has 48 heavy (non-hydrogen) atoms. The van der Waals surface area contributed by atoms with Gasteiger partial charge in [0, 0.05) is 0 Å². The fraction of sp³-hybridized carbons (Fsp3) is 0.0909. The van der Waals surface area contributed by atoms with Gasteiger partial charge in [-0.1, -0.05) is 76.9 Å². The van der Waals surface area contributed by atoms with Gasteiger partial charge in [-0.15, -0.1) is 0 Å². The molecule has 250 valence electrons. The number of nitrogens with one attached hydrogen (secondary N) is 1. The molecule has 1 heterocycles. The van der Waals surface area contributed by atoms with Gasteiger partial charge in [-0.05, 0) is 72.8 Å². The first-order valence-corrected chi connectivity index (χ1v) is 19.2. The molecule has 0 bridgehead atoms.